The first-order valence-electron chi connectivity index (χ1n) is 7.19. The van der Waals surface area contributed by atoms with E-state index in [0.29, 0.717) is 18.7 Å². The summed E-state index contributed by atoms with van der Waals surface area (Å²) in [5.41, 5.74) is 2.48. The number of aliphatic carboxylic acids is 1. The fourth-order valence-electron chi connectivity index (χ4n) is 2.94. The quantitative estimate of drug-likeness (QED) is 0.891. The number of amides is 1. The number of benzene rings is 1. The molecule has 2 aromatic rings. The van der Waals surface area contributed by atoms with Crippen molar-refractivity contribution in [1.29, 1.82) is 0 Å². The second kappa shape index (κ2) is 5.24. The van der Waals surface area contributed by atoms with Crippen molar-refractivity contribution in [2.45, 2.75) is 32.2 Å². The van der Waals surface area contributed by atoms with E-state index in [2.05, 4.69) is 4.98 Å². The number of H-pyrrole nitrogens is 1. The Hall–Kier alpha value is -2.30. The number of rotatable bonds is 2. The van der Waals surface area contributed by atoms with Crippen LogP contribution in [0, 0.1) is 6.92 Å². The Bertz CT molecular complexity index is 705. The highest BCUT2D eigenvalue weighted by Crippen LogP contribution is 2.22. The lowest BCUT2D eigenvalue weighted by Gasteiger charge is -2.32. The Balaban J connectivity index is 1.93. The Morgan fingerprint density at radius 3 is 2.86 bits per heavy atom. The van der Waals surface area contributed by atoms with Gasteiger partial charge < -0.3 is 15.0 Å². The van der Waals surface area contributed by atoms with Crippen LogP contribution in [0.1, 0.15) is 35.3 Å². The molecule has 1 aromatic heterocycles. The molecule has 0 aliphatic carbocycles. The van der Waals surface area contributed by atoms with Crippen LogP contribution < -0.4 is 0 Å². The zero-order valence-corrected chi connectivity index (χ0v) is 11.9. The van der Waals surface area contributed by atoms with Crippen LogP contribution in [-0.2, 0) is 4.79 Å². The number of aryl methyl sites for hydroxylation is 1. The standard InChI is InChI=1S/C16H18N2O3/c1-10-5-6-11-9-13(17-12(11)8-10)15(19)18-7-3-2-4-14(18)16(20)21/h5-6,8-9,14,17H,2-4,7H2,1H3,(H,20,21)/t14-/m1/s1. The molecular formula is C16H18N2O3. The van der Waals surface area contributed by atoms with E-state index in [0.717, 1.165) is 29.3 Å². The summed E-state index contributed by atoms with van der Waals surface area (Å²) >= 11 is 0. The zero-order chi connectivity index (χ0) is 15.0. The molecule has 1 aliphatic heterocycles. The minimum Gasteiger partial charge on any atom is -0.480 e. The molecule has 2 N–H and O–H groups in total. The Kier molecular flexibility index (Phi) is 3.41. The number of carboxylic acid groups (broad SMARTS) is 1. The van der Waals surface area contributed by atoms with Crippen molar-refractivity contribution in [3.63, 3.8) is 0 Å². The van der Waals surface area contributed by atoms with E-state index in [1.165, 1.54) is 4.90 Å². The lowest BCUT2D eigenvalue weighted by molar-refractivity contribution is -0.143. The number of aromatic amines is 1. The monoisotopic (exact) mass is 286 g/mol. The van der Waals surface area contributed by atoms with E-state index in [9.17, 15) is 14.7 Å². The second-order valence-corrected chi connectivity index (χ2v) is 5.62. The summed E-state index contributed by atoms with van der Waals surface area (Å²) in [6.07, 6.45) is 2.24. The van der Waals surface area contributed by atoms with Gasteiger partial charge in [-0.3, -0.25) is 4.79 Å². The number of nitrogens with zero attached hydrogens (tertiary/aromatic N) is 1. The Morgan fingerprint density at radius 1 is 1.29 bits per heavy atom. The number of hydrogen-bond donors (Lipinski definition) is 2. The molecule has 1 fully saturated rings. The summed E-state index contributed by atoms with van der Waals surface area (Å²) in [4.78, 5) is 28.5. The van der Waals surface area contributed by atoms with Crippen molar-refractivity contribution in [3.05, 3.63) is 35.5 Å². The number of piperidine rings is 1. The van der Waals surface area contributed by atoms with Gasteiger partial charge in [0.25, 0.3) is 5.91 Å². The van der Waals surface area contributed by atoms with Gasteiger partial charge in [0.1, 0.15) is 11.7 Å². The molecule has 2 heterocycles. The van der Waals surface area contributed by atoms with Crippen molar-refractivity contribution in [2.75, 3.05) is 6.54 Å². The number of fused-ring (bicyclic) bond motifs is 1. The molecule has 1 amide bonds. The maximum Gasteiger partial charge on any atom is 0.326 e. The van der Waals surface area contributed by atoms with Gasteiger partial charge in [-0.05, 0) is 43.9 Å². The van der Waals surface area contributed by atoms with Gasteiger partial charge in [0.2, 0.25) is 0 Å². The third kappa shape index (κ3) is 2.51. The molecule has 110 valence electrons. The maximum atomic E-state index is 12.6. The Labute approximate surface area is 122 Å². The zero-order valence-electron chi connectivity index (χ0n) is 11.9. The van der Waals surface area contributed by atoms with Crippen LogP contribution in [0.25, 0.3) is 10.9 Å². The van der Waals surface area contributed by atoms with Gasteiger partial charge in [0.15, 0.2) is 0 Å². The molecule has 0 bridgehead atoms. The average Bonchev–Trinajstić information content (AvgIpc) is 2.89. The van der Waals surface area contributed by atoms with Gasteiger partial charge in [-0.15, -0.1) is 0 Å². The average molecular weight is 286 g/mol. The number of likely N-dealkylation sites (tertiary alicyclic amines) is 1. The summed E-state index contributed by atoms with van der Waals surface area (Å²) in [5.74, 6) is -1.15. The summed E-state index contributed by atoms with van der Waals surface area (Å²) < 4.78 is 0. The van der Waals surface area contributed by atoms with E-state index in [1.807, 2.05) is 25.1 Å². The van der Waals surface area contributed by atoms with Crippen LogP contribution in [0.3, 0.4) is 0 Å². The van der Waals surface area contributed by atoms with Crippen molar-refractivity contribution in [2.24, 2.45) is 0 Å². The highest BCUT2D eigenvalue weighted by Gasteiger charge is 2.32. The molecular weight excluding hydrogens is 268 g/mol. The van der Waals surface area contributed by atoms with E-state index in [-0.39, 0.29) is 5.91 Å². The van der Waals surface area contributed by atoms with Crippen LogP contribution in [0.4, 0.5) is 0 Å². The summed E-state index contributed by atoms with van der Waals surface area (Å²) in [5, 5.41) is 10.2. The highest BCUT2D eigenvalue weighted by atomic mass is 16.4. The smallest absolute Gasteiger partial charge is 0.326 e. The molecule has 0 unspecified atom stereocenters. The van der Waals surface area contributed by atoms with E-state index < -0.39 is 12.0 Å². The molecule has 1 aromatic carbocycles. The predicted molar refractivity (Wildman–Crippen MR) is 79.3 cm³/mol. The molecule has 1 atom stereocenters. The largest absolute Gasteiger partial charge is 0.480 e. The number of carbonyl (C=O) groups excluding carboxylic acids is 1. The molecule has 5 heteroatoms. The molecule has 0 saturated carbocycles. The predicted octanol–water partition coefficient (Wildman–Crippen LogP) is 2.56. The molecule has 0 spiro atoms. The number of aromatic nitrogens is 1. The normalized spacial score (nSPS) is 18.9. The topological polar surface area (TPSA) is 73.4 Å². The van der Waals surface area contributed by atoms with E-state index in [1.54, 1.807) is 6.07 Å². The minimum absolute atomic E-state index is 0.226. The fourth-order valence-corrected chi connectivity index (χ4v) is 2.94. The van der Waals surface area contributed by atoms with Crippen LogP contribution in [0.15, 0.2) is 24.3 Å². The Morgan fingerprint density at radius 2 is 2.10 bits per heavy atom. The molecule has 0 radical (unpaired) electrons. The van der Waals surface area contributed by atoms with Gasteiger partial charge in [0.05, 0.1) is 0 Å². The first kappa shape index (κ1) is 13.7. The number of carbonyl (C=O) groups is 2. The van der Waals surface area contributed by atoms with Gasteiger partial charge >= 0.3 is 5.97 Å². The van der Waals surface area contributed by atoms with Gasteiger partial charge in [-0.2, -0.15) is 0 Å². The lowest BCUT2D eigenvalue weighted by Crippen LogP contribution is -2.48. The maximum absolute atomic E-state index is 12.6. The van der Waals surface area contributed by atoms with Crippen LogP contribution in [-0.4, -0.2) is 39.5 Å². The lowest BCUT2D eigenvalue weighted by atomic mass is 10.0. The molecule has 21 heavy (non-hydrogen) atoms. The SMILES string of the molecule is Cc1ccc2cc(C(=O)N3CCCC[C@@H]3C(=O)O)[nH]c2c1. The van der Waals surface area contributed by atoms with Gasteiger partial charge in [-0.25, -0.2) is 4.79 Å². The van der Waals surface area contributed by atoms with Crippen LogP contribution in [0.2, 0.25) is 0 Å². The fraction of sp³-hybridized carbons (Fsp3) is 0.375. The third-order valence-electron chi connectivity index (χ3n) is 4.06. The summed E-state index contributed by atoms with van der Waals surface area (Å²) in [7, 11) is 0. The molecule has 1 aliphatic rings. The molecule has 1 saturated heterocycles. The first-order valence-corrected chi connectivity index (χ1v) is 7.19. The third-order valence-corrected chi connectivity index (χ3v) is 4.06. The summed E-state index contributed by atoms with van der Waals surface area (Å²) in [6, 6.07) is 7.02. The molecule has 3 rings (SSSR count). The number of nitrogens with one attached hydrogen (secondary N) is 1. The van der Waals surface area contributed by atoms with E-state index >= 15 is 0 Å². The van der Waals surface area contributed by atoms with Crippen molar-refractivity contribution < 1.29 is 14.7 Å². The van der Waals surface area contributed by atoms with Crippen molar-refractivity contribution in [3.8, 4) is 0 Å². The first-order chi connectivity index (χ1) is 10.1. The summed E-state index contributed by atoms with van der Waals surface area (Å²) in [6.45, 7) is 2.50. The van der Waals surface area contributed by atoms with Crippen molar-refractivity contribution >= 4 is 22.8 Å². The van der Waals surface area contributed by atoms with Crippen molar-refractivity contribution in [1.82, 2.24) is 9.88 Å². The van der Waals surface area contributed by atoms with Gasteiger partial charge in [0, 0.05) is 17.4 Å². The van der Waals surface area contributed by atoms with Crippen LogP contribution in [0.5, 0.6) is 0 Å². The van der Waals surface area contributed by atoms with Crippen LogP contribution >= 0.6 is 0 Å². The minimum atomic E-state index is -0.921. The number of hydrogen-bond acceptors (Lipinski definition) is 2. The van der Waals surface area contributed by atoms with Gasteiger partial charge in [-0.1, -0.05) is 12.1 Å². The highest BCUT2D eigenvalue weighted by molar-refractivity contribution is 5.99. The number of carboxylic acids is 1. The second-order valence-electron chi connectivity index (χ2n) is 5.62. The van der Waals surface area contributed by atoms with E-state index in [4.69, 9.17) is 0 Å². The molecule has 5 nitrogen and oxygen atoms in total.